The molecule has 21 heavy (non-hydrogen) atoms. The molecule has 0 fully saturated rings. The highest BCUT2D eigenvalue weighted by Gasteiger charge is 2.46. The van der Waals surface area contributed by atoms with Gasteiger partial charge in [0.1, 0.15) is 0 Å². The van der Waals surface area contributed by atoms with Gasteiger partial charge in [-0.05, 0) is 13.8 Å². The van der Waals surface area contributed by atoms with Crippen molar-refractivity contribution >= 4 is 11.9 Å². The van der Waals surface area contributed by atoms with Crippen LogP contribution in [0.4, 0.5) is 17.6 Å². The van der Waals surface area contributed by atoms with Crippen LogP contribution in [0.5, 0.6) is 0 Å². The summed E-state index contributed by atoms with van der Waals surface area (Å²) in [5.74, 6) is -2.37. The second kappa shape index (κ2) is 7.21. The zero-order valence-electron chi connectivity index (χ0n) is 11.4. The first-order valence-corrected chi connectivity index (χ1v) is 5.47. The molecule has 120 valence electrons. The molecule has 0 spiro atoms. The summed E-state index contributed by atoms with van der Waals surface area (Å²) in [7, 11) is 0. The van der Waals surface area contributed by atoms with E-state index in [1.807, 2.05) is 0 Å². The molecule has 0 saturated carbocycles. The molecule has 0 aliphatic rings. The number of carbonyl (C=O) groups excluding carboxylic acids is 2. The van der Waals surface area contributed by atoms with E-state index in [1.165, 1.54) is 13.8 Å². The molecule has 0 atom stereocenters. The minimum atomic E-state index is -4.47. The third kappa shape index (κ3) is 8.08. The molecule has 0 aliphatic carbocycles. The van der Waals surface area contributed by atoms with Gasteiger partial charge in [0.05, 0.1) is 0 Å². The zero-order valence-corrected chi connectivity index (χ0v) is 11.4. The molecule has 0 amide bonds. The van der Waals surface area contributed by atoms with Crippen molar-refractivity contribution in [2.75, 3.05) is 13.2 Å². The Hall–Kier alpha value is -1.90. The van der Waals surface area contributed by atoms with E-state index >= 15 is 0 Å². The molecule has 0 rings (SSSR count). The second-order valence-electron chi connectivity index (χ2n) is 4.09. The van der Waals surface area contributed by atoms with Gasteiger partial charge in [0.2, 0.25) is 0 Å². The number of hydrogen-bond donors (Lipinski definition) is 0. The highest BCUT2D eigenvalue weighted by molar-refractivity contribution is 5.87. The first-order chi connectivity index (χ1) is 9.36. The maximum atomic E-state index is 13.1. The molecule has 0 aliphatic heterocycles. The zero-order chi connectivity index (χ0) is 16.8. The van der Waals surface area contributed by atoms with Crippen molar-refractivity contribution in [2.45, 2.75) is 26.1 Å². The summed E-state index contributed by atoms with van der Waals surface area (Å²) in [5.41, 5.74) is -0.374. The highest BCUT2D eigenvalue weighted by Crippen LogP contribution is 2.27. The predicted octanol–water partition coefficient (Wildman–Crippen LogP) is 2.43. The Labute approximate surface area is 118 Å². The topological polar surface area (TPSA) is 61.8 Å². The molecule has 0 bridgehead atoms. The largest absolute Gasteiger partial charge is 0.453 e. The number of alkyl halides is 4. The van der Waals surface area contributed by atoms with Gasteiger partial charge in [0.25, 0.3) is 0 Å². The van der Waals surface area contributed by atoms with Crippen LogP contribution in [0.1, 0.15) is 13.8 Å². The van der Waals surface area contributed by atoms with Crippen LogP contribution < -0.4 is 0 Å². The van der Waals surface area contributed by atoms with Crippen LogP contribution in [-0.2, 0) is 23.8 Å². The van der Waals surface area contributed by atoms with Crippen LogP contribution in [0.3, 0.4) is 0 Å². The van der Waals surface area contributed by atoms with Crippen LogP contribution in [-0.4, -0.2) is 37.4 Å². The Bertz CT molecular complexity index is 405. The number of ether oxygens (including phenoxy) is 3. The number of halogens is 4. The van der Waals surface area contributed by atoms with Crippen molar-refractivity contribution in [3.8, 4) is 0 Å². The van der Waals surface area contributed by atoms with Gasteiger partial charge in [-0.15, -0.1) is 0 Å². The van der Waals surface area contributed by atoms with E-state index in [0.717, 1.165) is 0 Å². The summed E-state index contributed by atoms with van der Waals surface area (Å²) in [6.45, 7) is 5.15. The summed E-state index contributed by atoms with van der Waals surface area (Å²) < 4.78 is 63.5. The first kappa shape index (κ1) is 19.1. The molecule has 0 aromatic rings. The van der Waals surface area contributed by atoms with Crippen LogP contribution in [0.2, 0.25) is 0 Å². The van der Waals surface area contributed by atoms with Crippen LogP contribution in [0, 0.1) is 0 Å². The summed E-state index contributed by atoms with van der Waals surface area (Å²) in [6.07, 6.45) is -8.94. The fraction of sp³-hybridized carbons (Fsp3) is 0.500. The lowest BCUT2D eigenvalue weighted by atomic mass is 10.4. The first-order valence-electron chi connectivity index (χ1n) is 5.47. The van der Waals surface area contributed by atoms with Crippen LogP contribution >= 0.6 is 0 Å². The van der Waals surface area contributed by atoms with Crippen molar-refractivity contribution < 1.29 is 41.4 Å². The Morgan fingerprint density at radius 1 is 0.857 bits per heavy atom. The lowest BCUT2D eigenvalue weighted by Gasteiger charge is -2.23. The van der Waals surface area contributed by atoms with Gasteiger partial charge in [0, 0.05) is 11.1 Å². The van der Waals surface area contributed by atoms with Gasteiger partial charge in [-0.25, -0.2) is 14.3 Å². The van der Waals surface area contributed by atoms with E-state index in [0.29, 0.717) is 0 Å². The molecular formula is C12H14F4O5. The van der Waals surface area contributed by atoms with Gasteiger partial charge in [-0.1, -0.05) is 13.2 Å². The van der Waals surface area contributed by atoms with E-state index in [1.54, 1.807) is 0 Å². The standard InChI is InChI=1S/C12H14F4O5/c1-7(2)9(17)19-5-11(13,14)21-12(15,16)6-20-10(18)8(3)4/h1,3,5-6H2,2,4H3. The fourth-order valence-corrected chi connectivity index (χ4v) is 0.823. The number of rotatable bonds is 8. The van der Waals surface area contributed by atoms with Gasteiger partial charge in [0.15, 0.2) is 13.2 Å². The molecule has 0 aromatic carbocycles. The molecule has 0 saturated heterocycles. The minimum Gasteiger partial charge on any atom is -0.453 e. The molecule has 5 nitrogen and oxygen atoms in total. The fourth-order valence-electron chi connectivity index (χ4n) is 0.823. The van der Waals surface area contributed by atoms with Crippen molar-refractivity contribution in [1.82, 2.24) is 0 Å². The molecule has 9 heteroatoms. The van der Waals surface area contributed by atoms with Crippen molar-refractivity contribution in [1.29, 1.82) is 0 Å². The van der Waals surface area contributed by atoms with Gasteiger partial charge >= 0.3 is 24.2 Å². The third-order valence-electron chi connectivity index (χ3n) is 1.74. The van der Waals surface area contributed by atoms with Crippen molar-refractivity contribution in [2.24, 2.45) is 0 Å². The quantitative estimate of drug-likeness (QED) is 0.391. The number of hydrogen-bond acceptors (Lipinski definition) is 5. The molecule has 0 heterocycles. The second-order valence-corrected chi connectivity index (χ2v) is 4.09. The summed E-state index contributed by atoms with van der Waals surface area (Å²) >= 11 is 0. The average molecular weight is 314 g/mol. The minimum absolute atomic E-state index is 0.187. The highest BCUT2D eigenvalue weighted by atomic mass is 19.3. The maximum Gasteiger partial charge on any atom is 0.394 e. The summed E-state index contributed by atoms with van der Waals surface area (Å²) in [4.78, 5) is 21.7. The molecule has 0 radical (unpaired) electrons. The lowest BCUT2D eigenvalue weighted by Crippen LogP contribution is -2.40. The van der Waals surface area contributed by atoms with E-state index < -0.39 is 37.4 Å². The Morgan fingerprint density at radius 2 is 1.14 bits per heavy atom. The monoisotopic (exact) mass is 314 g/mol. The Kier molecular flexibility index (Phi) is 6.55. The Morgan fingerprint density at radius 3 is 1.38 bits per heavy atom. The van der Waals surface area contributed by atoms with E-state index in [9.17, 15) is 27.2 Å². The Balaban J connectivity index is 4.46. The van der Waals surface area contributed by atoms with Crippen molar-refractivity contribution in [3.05, 3.63) is 24.3 Å². The summed E-state index contributed by atoms with van der Waals surface area (Å²) in [6, 6.07) is 0. The predicted molar refractivity (Wildman–Crippen MR) is 62.5 cm³/mol. The normalized spacial score (nSPS) is 11.7. The van der Waals surface area contributed by atoms with Gasteiger partial charge in [-0.3, -0.25) is 0 Å². The average Bonchev–Trinajstić information content (AvgIpc) is 2.31. The van der Waals surface area contributed by atoms with Crippen LogP contribution in [0.25, 0.3) is 0 Å². The number of carbonyl (C=O) groups is 2. The maximum absolute atomic E-state index is 13.1. The lowest BCUT2D eigenvalue weighted by molar-refractivity contribution is -0.389. The van der Waals surface area contributed by atoms with Crippen LogP contribution in [0.15, 0.2) is 24.3 Å². The SMILES string of the molecule is C=C(C)C(=O)OCC(F)(F)OC(F)(F)COC(=O)C(=C)C. The molecule has 0 aromatic heterocycles. The van der Waals surface area contributed by atoms with E-state index in [2.05, 4.69) is 27.4 Å². The smallest absolute Gasteiger partial charge is 0.394 e. The third-order valence-corrected chi connectivity index (χ3v) is 1.74. The molecule has 0 N–H and O–H groups in total. The summed E-state index contributed by atoms with van der Waals surface area (Å²) in [5, 5.41) is 0. The van der Waals surface area contributed by atoms with Gasteiger partial charge in [-0.2, -0.15) is 17.6 Å². The molecule has 0 unspecified atom stereocenters. The molecular weight excluding hydrogens is 300 g/mol. The van der Waals surface area contributed by atoms with E-state index in [4.69, 9.17) is 0 Å². The van der Waals surface area contributed by atoms with Gasteiger partial charge < -0.3 is 9.47 Å². The number of esters is 2. The van der Waals surface area contributed by atoms with Crippen molar-refractivity contribution in [3.63, 3.8) is 0 Å². The van der Waals surface area contributed by atoms with E-state index in [-0.39, 0.29) is 11.1 Å².